The van der Waals surface area contributed by atoms with Crippen molar-refractivity contribution in [3.63, 3.8) is 0 Å². The van der Waals surface area contributed by atoms with Gasteiger partial charge >= 0.3 is 0 Å². The minimum atomic E-state index is 0.127. The molecule has 1 aromatic carbocycles. The Bertz CT molecular complexity index is 743. The first-order valence-electron chi connectivity index (χ1n) is 8.09. The van der Waals surface area contributed by atoms with E-state index in [-0.39, 0.29) is 10.7 Å². The Hall–Kier alpha value is -1.59. The standard InChI is InChI=1S/C18H20N2O2S/c1-2-22-15-9-18(23-10-15)11-20(12-18)17(21)14-5-6-16-13(8-14)4-3-7-19-16/h3-8,15H,2,9-12H2,1H3/t15-/m0/s1. The number of carbonyl (C=O) groups excluding carboxylic acids is 1. The molecular formula is C18H20N2O2S. The Kier molecular flexibility index (Phi) is 3.77. The van der Waals surface area contributed by atoms with Crippen molar-refractivity contribution in [1.82, 2.24) is 9.88 Å². The van der Waals surface area contributed by atoms with Crippen LogP contribution in [0.5, 0.6) is 0 Å². The number of ether oxygens (including phenoxy) is 1. The maximum absolute atomic E-state index is 12.7. The number of nitrogens with zero attached hydrogens (tertiary/aromatic N) is 2. The van der Waals surface area contributed by atoms with Crippen LogP contribution in [-0.4, -0.2) is 52.1 Å². The summed E-state index contributed by atoms with van der Waals surface area (Å²) in [5.74, 6) is 1.18. The lowest BCUT2D eigenvalue weighted by molar-refractivity contribution is 0.0359. The smallest absolute Gasteiger partial charge is 0.253 e. The van der Waals surface area contributed by atoms with E-state index in [0.717, 1.165) is 48.3 Å². The topological polar surface area (TPSA) is 42.4 Å². The van der Waals surface area contributed by atoms with Gasteiger partial charge < -0.3 is 9.64 Å². The predicted octanol–water partition coefficient (Wildman–Crippen LogP) is 2.97. The van der Waals surface area contributed by atoms with Crippen LogP contribution in [0.2, 0.25) is 0 Å². The third kappa shape index (κ3) is 2.72. The van der Waals surface area contributed by atoms with Gasteiger partial charge in [0.15, 0.2) is 0 Å². The van der Waals surface area contributed by atoms with Crippen molar-refractivity contribution in [1.29, 1.82) is 0 Å². The molecule has 1 aromatic heterocycles. The molecule has 1 amide bonds. The van der Waals surface area contributed by atoms with Gasteiger partial charge in [-0.25, -0.2) is 0 Å². The fraction of sp³-hybridized carbons (Fsp3) is 0.444. The molecule has 2 aliphatic rings. The summed E-state index contributed by atoms with van der Waals surface area (Å²) in [4.78, 5) is 18.9. The minimum Gasteiger partial charge on any atom is -0.378 e. The van der Waals surface area contributed by atoms with Crippen LogP contribution in [0.1, 0.15) is 23.7 Å². The monoisotopic (exact) mass is 328 g/mol. The molecule has 3 heterocycles. The zero-order chi connectivity index (χ0) is 15.9. The first-order valence-corrected chi connectivity index (χ1v) is 9.07. The zero-order valence-corrected chi connectivity index (χ0v) is 14.0. The van der Waals surface area contributed by atoms with Crippen molar-refractivity contribution >= 4 is 28.6 Å². The van der Waals surface area contributed by atoms with E-state index in [1.54, 1.807) is 6.20 Å². The lowest BCUT2D eigenvalue weighted by Gasteiger charge is -2.47. The molecule has 1 spiro atoms. The van der Waals surface area contributed by atoms with Crippen LogP contribution in [0.4, 0.5) is 0 Å². The average Bonchev–Trinajstić information content (AvgIpc) is 2.97. The maximum atomic E-state index is 12.7. The lowest BCUT2D eigenvalue weighted by atomic mass is 9.92. The summed E-state index contributed by atoms with van der Waals surface area (Å²) in [6, 6.07) is 9.65. The van der Waals surface area contributed by atoms with E-state index in [9.17, 15) is 4.79 Å². The van der Waals surface area contributed by atoms with Crippen molar-refractivity contribution in [3.05, 3.63) is 42.1 Å². The molecule has 4 nitrogen and oxygen atoms in total. The van der Waals surface area contributed by atoms with Gasteiger partial charge in [0.2, 0.25) is 0 Å². The number of thioether (sulfide) groups is 1. The quantitative estimate of drug-likeness (QED) is 0.869. The molecule has 23 heavy (non-hydrogen) atoms. The third-order valence-electron chi connectivity index (χ3n) is 4.67. The Labute approximate surface area is 140 Å². The summed E-state index contributed by atoms with van der Waals surface area (Å²) in [6.07, 6.45) is 3.19. The number of hydrogen-bond donors (Lipinski definition) is 0. The number of aromatic nitrogens is 1. The average molecular weight is 328 g/mol. The molecule has 2 saturated heterocycles. The highest BCUT2D eigenvalue weighted by molar-refractivity contribution is 8.01. The number of pyridine rings is 1. The largest absolute Gasteiger partial charge is 0.378 e. The lowest BCUT2D eigenvalue weighted by Crippen LogP contribution is -2.60. The van der Waals surface area contributed by atoms with Gasteiger partial charge in [-0.15, -0.1) is 11.8 Å². The van der Waals surface area contributed by atoms with Crippen LogP contribution >= 0.6 is 11.8 Å². The van der Waals surface area contributed by atoms with Gasteiger partial charge in [0, 0.05) is 42.6 Å². The summed E-state index contributed by atoms with van der Waals surface area (Å²) in [5, 5.41) is 1.01. The predicted molar refractivity (Wildman–Crippen MR) is 92.9 cm³/mol. The van der Waals surface area contributed by atoms with Crippen LogP contribution in [0.15, 0.2) is 36.5 Å². The van der Waals surface area contributed by atoms with E-state index in [4.69, 9.17) is 4.74 Å². The number of likely N-dealkylation sites (tertiary alicyclic amines) is 1. The van der Waals surface area contributed by atoms with E-state index >= 15 is 0 Å². The Morgan fingerprint density at radius 3 is 3.13 bits per heavy atom. The van der Waals surface area contributed by atoms with Gasteiger partial charge in [-0.2, -0.15) is 0 Å². The molecule has 2 fully saturated rings. The summed E-state index contributed by atoms with van der Waals surface area (Å²) in [5.41, 5.74) is 1.68. The van der Waals surface area contributed by atoms with E-state index in [1.807, 2.05) is 53.9 Å². The van der Waals surface area contributed by atoms with Gasteiger partial charge in [0.1, 0.15) is 0 Å². The summed E-state index contributed by atoms with van der Waals surface area (Å²) >= 11 is 1.97. The van der Waals surface area contributed by atoms with Crippen molar-refractivity contribution in [2.75, 3.05) is 25.4 Å². The fourth-order valence-electron chi connectivity index (χ4n) is 3.55. The number of carbonyl (C=O) groups is 1. The molecule has 0 aliphatic carbocycles. The van der Waals surface area contributed by atoms with Gasteiger partial charge in [-0.1, -0.05) is 6.07 Å². The van der Waals surface area contributed by atoms with E-state index in [0.29, 0.717) is 6.10 Å². The molecule has 2 aromatic rings. The minimum absolute atomic E-state index is 0.127. The summed E-state index contributed by atoms with van der Waals surface area (Å²) in [7, 11) is 0. The molecule has 0 saturated carbocycles. The summed E-state index contributed by atoms with van der Waals surface area (Å²) < 4.78 is 5.96. The van der Waals surface area contributed by atoms with E-state index < -0.39 is 0 Å². The second kappa shape index (κ2) is 5.80. The van der Waals surface area contributed by atoms with Gasteiger partial charge in [0.05, 0.1) is 16.4 Å². The van der Waals surface area contributed by atoms with Crippen molar-refractivity contribution < 1.29 is 9.53 Å². The highest BCUT2D eigenvalue weighted by Crippen LogP contribution is 2.46. The number of benzene rings is 1. The molecule has 0 unspecified atom stereocenters. The molecule has 120 valence electrons. The number of hydrogen-bond acceptors (Lipinski definition) is 4. The van der Waals surface area contributed by atoms with Crippen LogP contribution in [0.25, 0.3) is 10.9 Å². The first-order chi connectivity index (χ1) is 11.2. The van der Waals surface area contributed by atoms with Crippen LogP contribution in [0.3, 0.4) is 0 Å². The summed E-state index contributed by atoms with van der Waals surface area (Å²) in [6.45, 7) is 4.49. The molecule has 2 aliphatic heterocycles. The van der Waals surface area contributed by atoms with E-state index in [2.05, 4.69) is 4.98 Å². The number of amides is 1. The van der Waals surface area contributed by atoms with Crippen molar-refractivity contribution in [2.24, 2.45) is 0 Å². The van der Waals surface area contributed by atoms with Crippen molar-refractivity contribution in [2.45, 2.75) is 24.2 Å². The fourth-order valence-corrected chi connectivity index (χ4v) is 5.10. The van der Waals surface area contributed by atoms with Crippen LogP contribution < -0.4 is 0 Å². The van der Waals surface area contributed by atoms with Gasteiger partial charge in [0.25, 0.3) is 5.91 Å². The third-order valence-corrected chi connectivity index (χ3v) is 6.25. The van der Waals surface area contributed by atoms with Crippen LogP contribution in [0, 0.1) is 0 Å². The van der Waals surface area contributed by atoms with Crippen molar-refractivity contribution in [3.8, 4) is 0 Å². The van der Waals surface area contributed by atoms with Gasteiger partial charge in [-0.3, -0.25) is 9.78 Å². The molecule has 0 bridgehead atoms. The number of fused-ring (bicyclic) bond motifs is 1. The molecule has 0 radical (unpaired) electrons. The maximum Gasteiger partial charge on any atom is 0.253 e. The Morgan fingerprint density at radius 2 is 2.30 bits per heavy atom. The van der Waals surface area contributed by atoms with Crippen LogP contribution in [-0.2, 0) is 4.74 Å². The Balaban J connectivity index is 1.44. The number of rotatable bonds is 3. The highest BCUT2D eigenvalue weighted by atomic mass is 32.2. The van der Waals surface area contributed by atoms with E-state index in [1.165, 1.54) is 0 Å². The first kappa shape index (κ1) is 15.0. The second-order valence-corrected chi connectivity index (χ2v) is 7.84. The zero-order valence-electron chi connectivity index (χ0n) is 13.2. The Morgan fingerprint density at radius 1 is 1.43 bits per heavy atom. The van der Waals surface area contributed by atoms with Gasteiger partial charge in [-0.05, 0) is 37.6 Å². The molecule has 0 N–H and O–H groups in total. The molecule has 1 atom stereocenters. The normalized spacial score (nSPS) is 22.5. The molecular weight excluding hydrogens is 308 g/mol. The SMILES string of the molecule is CCO[C@@H]1CSC2(C1)CN(C(=O)c1ccc3ncccc3c1)C2. The molecule has 5 heteroatoms. The highest BCUT2D eigenvalue weighted by Gasteiger charge is 2.50. The molecule has 4 rings (SSSR count). The second-order valence-electron chi connectivity index (χ2n) is 6.35.